The molecule has 0 aliphatic carbocycles. The summed E-state index contributed by atoms with van der Waals surface area (Å²) in [5.41, 5.74) is 9.89. The number of nitrogens with two attached hydrogens (primary N) is 1. The van der Waals surface area contributed by atoms with E-state index in [1.807, 2.05) is 6.07 Å². The number of fused-ring (bicyclic) bond motifs is 1. The fraction of sp³-hybridized carbons (Fsp3) is 0.208. The van der Waals surface area contributed by atoms with Crippen molar-refractivity contribution >= 4 is 45.0 Å². The summed E-state index contributed by atoms with van der Waals surface area (Å²) in [4.78, 5) is 15.9. The Balaban J connectivity index is 1.78. The Hall–Kier alpha value is -3.99. The molecule has 9 nitrogen and oxygen atoms in total. The molecule has 4 rings (SSSR count). The molecule has 0 fully saturated rings. The number of aromatic nitrogens is 3. The highest BCUT2D eigenvalue weighted by atomic mass is 32.2. The number of aryl methyl sites for hydroxylation is 1. The van der Waals surface area contributed by atoms with Crippen LogP contribution in [0.5, 0.6) is 5.75 Å². The number of ether oxygens (including phenoxy) is 1. The lowest BCUT2D eigenvalue weighted by Gasteiger charge is -2.14. The second-order valence-electron chi connectivity index (χ2n) is 7.80. The summed E-state index contributed by atoms with van der Waals surface area (Å²) < 4.78 is 36.1. The van der Waals surface area contributed by atoms with Crippen LogP contribution in [0.3, 0.4) is 0 Å². The van der Waals surface area contributed by atoms with E-state index in [2.05, 4.69) is 20.1 Å². The molecular weight excluding hydrogens is 471 g/mol. The largest absolute Gasteiger partial charge is 0.487 e. The van der Waals surface area contributed by atoms with Crippen molar-refractivity contribution in [2.24, 2.45) is 7.05 Å². The molecule has 2 heterocycles. The van der Waals surface area contributed by atoms with E-state index in [4.69, 9.17) is 10.5 Å². The van der Waals surface area contributed by atoms with Crippen molar-refractivity contribution in [1.82, 2.24) is 14.8 Å². The second-order valence-corrected chi connectivity index (χ2v) is 9.27. The maximum Gasteiger partial charge on any atom is 0.221 e. The number of nitrogens with zero attached hydrogens (tertiary/aromatic N) is 3. The molecule has 1 amide bonds. The highest BCUT2D eigenvalue weighted by molar-refractivity contribution is 7.86. The molecule has 0 bridgehead atoms. The van der Waals surface area contributed by atoms with Crippen LogP contribution < -0.4 is 20.5 Å². The number of nitrogen functional groups attached to an aromatic ring is 1. The molecule has 35 heavy (non-hydrogen) atoms. The Morgan fingerprint density at radius 3 is 2.63 bits per heavy atom. The summed E-state index contributed by atoms with van der Waals surface area (Å²) >= 11 is 0. The minimum absolute atomic E-state index is 0.177. The van der Waals surface area contributed by atoms with Gasteiger partial charge < -0.3 is 20.5 Å². The number of hydrogen-bond acceptors (Lipinski definition) is 6. The van der Waals surface area contributed by atoms with Crippen molar-refractivity contribution in [3.05, 3.63) is 60.0 Å². The number of carbonyl (C=O) groups excluding carboxylic acids is 1. The average Bonchev–Trinajstić information content (AvgIpc) is 3.19. The lowest BCUT2D eigenvalue weighted by atomic mass is 10.1. The number of nitrogens with one attached hydrogen (secondary N) is 2. The van der Waals surface area contributed by atoms with Crippen molar-refractivity contribution in [2.45, 2.75) is 20.5 Å². The molecule has 182 valence electrons. The summed E-state index contributed by atoms with van der Waals surface area (Å²) in [7, 11) is 0.462. The molecule has 4 aromatic rings. The molecule has 0 saturated heterocycles. The van der Waals surface area contributed by atoms with E-state index in [9.17, 15) is 13.4 Å². The van der Waals surface area contributed by atoms with E-state index >= 15 is 0 Å². The van der Waals surface area contributed by atoms with E-state index in [1.54, 1.807) is 42.9 Å². The van der Waals surface area contributed by atoms with Gasteiger partial charge in [0, 0.05) is 25.3 Å². The van der Waals surface area contributed by atoms with Crippen LogP contribution in [0.1, 0.15) is 19.4 Å². The SMILES string of the molecule is CCS(=O)Nc1ccc(-c2nn(C)c3c(NC(C)=O)cnc(N)c23)cc1OCc1ccc(F)cc1. The minimum Gasteiger partial charge on any atom is -0.487 e. The monoisotopic (exact) mass is 496 g/mol. The highest BCUT2D eigenvalue weighted by Crippen LogP contribution is 2.38. The number of anilines is 3. The molecule has 0 spiro atoms. The molecule has 0 aliphatic rings. The number of hydrogen-bond donors (Lipinski definition) is 3. The summed E-state index contributed by atoms with van der Waals surface area (Å²) in [6.07, 6.45) is 1.49. The van der Waals surface area contributed by atoms with E-state index in [0.29, 0.717) is 45.0 Å². The zero-order valence-corrected chi connectivity index (χ0v) is 20.3. The standard InChI is InChI=1S/C24H25FN6O3S/c1-4-35(33)30-18-10-7-16(11-20(18)34-13-15-5-8-17(25)9-6-15)22-21-23(31(3)29-22)19(28-14(2)32)12-27-24(21)26/h5-12,30H,4,13H2,1-3H3,(H2,26,27)(H,28,32). The van der Waals surface area contributed by atoms with Crippen LogP contribution in [-0.4, -0.2) is 30.6 Å². The third kappa shape index (κ3) is 5.24. The molecule has 0 aliphatic heterocycles. The van der Waals surface area contributed by atoms with Gasteiger partial charge in [-0.25, -0.2) is 13.6 Å². The van der Waals surface area contributed by atoms with Gasteiger partial charge in [0.2, 0.25) is 5.91 Å². The molecule has 1 unspecified atom stereocenters. The van der Waals surface area contributed by atoms with Gasteiger partial charge in [0.25, 0.3) is 0 Å². The first-order valence-electron chi connectivity index (χ1n) is 10.8. The quantitative estimate of drug-likeness (QED) is 0.339. The van der Waals surface area contributed by atoms with Crippen LogP contribution in [0.25, 0.3) is 22.2 Å². The Bertz CT molecular complexity index is 1420. The minimum atomic E-state index is -1.29. The second kappa shape index (κ2) is 10.1. The number of rotatable bonds is 8. The Morgan fingerprint density at radius 1 is 1.20 bits per heavy atom. The lowest BCUT2D eigenvalue weighted by molar-refractivity contribution is -0.114. The maximum absolute atomic E-state index is 13.3. The van der Waals surface area contributed by atoms with Gasteiger partial charge in [-0.2, -0.15) is 5.10 Å². The van der Waals surface area contributed by atoms with Gasteiger partial charge in [0.1, 0.15) is 40.7 Å². The first kappa shape index (κ1) is 24.1. The predicted octanol–water partition coefficient (Wildman–Crippen LogP) is 3.99. The van der Waals surface area contributed by atoms with Gasteiger partial charge in [-0.05, 0) is 29.8 Å². The molecule has 0 radical (unpaired) electrons. The summed E-state index contributed by atoms with van der Waals surface area (Å²) in [5.74, 6) is 0.551. The lowest BCUT2D eigenvalue weighted by Crippen LogP contribution is -2.08. The topological polar surface area (TPSA) is 124 Å². The van der Waals surface area contributed by atoms with Crippen LogP contribution in [0.4, 0.5) is 21.6 Å². The number of carbonyl (C=O) groups is 1. The van der Waals surface area contributed by atoms with Crippen molar-refractivity contribution in [1.29, 1.82) is 0 Å². The van der Waals surface area contributed by atoms with Crippen LogP contribution in [-0.2, 0) is 29.4 Å². The van der Waals surface area contributed by atoms with Gasteiger partial charge in [-0.15, -0.1) is 0 Å². The van der Waals surface area contributed by atoms with Crippen molar-refractivity contribution < 1.29 is 18.1 Å². The van der Waals surface area contributed by atoms with E-state index in [0.717, 1.165) is 5.56 Å². The van der Waals surface area contributed by atoms with E-state index in [-0.39, 0.29) is 24.1 Å². The van der Waals surface area contributed by atoms with Crippen LogP contribution >= 0.6 is 0 Å². The third-order valence-corrected chi connectivity index (χ3v) is 6.22. The first-order chi connectivity index (χ1) is 16.8. The zero-order valence-electron chi connectivity index (χ0n) is 19.5. The summed E-state index contributed by atoms with van der Waals surface area (Å²) in [6.45, 7) is 3.39. The van der Waals surface area contributed by atoms with Gasteiger partial charge in [-0.1, -0.05) is 25.1 Å². The zero-order chi connectivity index (χ0) is 25.1. The highest BCUT2D eigenvalue weighted by Gasteiger charge is 2.20. The van der Waals surface area contributed by atoms with E-state index < -0.39 is 11.0 Å². The van der Waals surface area contributed by atoms with Crippen molar-refractivity contribution in [2.75, 3.05) is 21.5 Å². The molecule has 11 heteroatoms. The average molecular weight is 497 g/mol. The van der Waals surface area contributed by atoms with Crippen molar-refractivity contribution in [3.63, 3.8) is 0 Å². The number of amides is 1. The van der Waals surface area contributed by atoms with Gasteiger partial charge in [-0.3, -0.25) is 9.48 Å². The number of benzene rings is 2. The fourth-order valence-corrected chi connectivity index (χ4v) is 4.19. The number of pyridine rings is 1. The van der Waals surface area contributed by atoms with Crippen molar-refractivity contribution in [3.8, 4) is 17.0 Å². The molecule has 1 atom stereocenters. The Kier molecular flexibility index (Phi) is 6.97. The molecule has 4 N–H and O–H groups in total. The number of halogens is 1. The Morgan fingerprint density at radius 2 is 1.94 bits per heavy atom. The van der Waals surface area contributed by atoms with Crippen LogP contribution in [0, 0.1) is 5.82 Å². The third-order valence-electron chi connectivity index (χ3n) is 5.25. The summed E-state index contributed by atoms with van der Waals surface area (Å²) in [6, 6.07) is 11.3. The predicted molar refractivity (Wildman–Crippen MR) is 136 cm³/mol. The normalized spacial score (nSPS) is 11.9. The molecule has 2 aromatic heterocycles. The van der Waals surface area contributed by atoms with Gasteiger partial charge >= 0.3 is 0 Å². The van der Waals surface area contributed by atoms with E-state index in [1.165, 1.54) is 25.3 Å². The van der Waals surface area contributed by atoms with Crippen LogP contribution in [0.15, 0.2) is 48.7 Å². The van der Waals surface area contributed by atoms with Crippen LogP contribution in [0.2, 0.25) is 0 Å². The Labute approximate surface area is 204 Å². The fourth-order valence-electron chi connectivity index (χ4n) is 3.63. The molecule has 0 saturated carbocycles. The molecule has 2 aromatic carbocycles. The molecular formula is C24H25FN6O3S. The maximum atomic E-state index is 13.3. The smallest absolute Gasteiger partial charge is 0.221 e. The van der Waals surface area contributed by atoms with Gasteiger partial charge in [0.05, 0.1) is 28.5 Å². The van der Waals surface area contributed by atoms with Gasteiger partial charge in [0.15, 0.2) is 0 Å². The first-order valence-corrected chi connectivity index (χ1v) is 12.1. The summed E-state index contributed by atoms with van der Waals surface area (Å²) in [5, 5.41) is 7.98.